The predicted octanol–water partition coefficient (Wildman–Crippen LogP) is 5.44. The number of ether oxygens (including phenoxy) is 5. The van der Waals surface area contributed by atoms with Crippen LogP contribution in [0, 0.1) is 0 Å². The Morgan fingerprint density at radius 2 is 1.74 bits per heavy atom. The summed E-state index contributed by atoms with van der Waals surface area (Å²) in [5.74, 6) is 0.393. The molecule has 7 nitrogen and oxygen atoms in total. The van der Waals surface area contributed by atoms with Gasteiger partial charge in [0.05, 0.1) is 32.1 Å². The first-order chi connectivity index (χ1) is 15.2. The molecule has 0 aliphatic carbocycles. The Morgan fingerprint density at radius 1 is 1.03 bits per heavy atom. The monoisotopic (exact) mass is 437 g/mol. The number of aromatic nitrogens is 1. The molecule has 0 N–H and O–H groups in total. The first-order valence-corrected chi connectivity index (χ1v) is 11.9. The lowest BCUT2D eigenvalue weighted by molar-refractivity contribution is -0.169. The van der Waals surface area contributed by atoms with Gasteiger partial charge >= 0.3 is 5.97 Å². The first kappa shape index (κ1) is 25.4. The Kier molecular flexibility index (Phi) is 12.3. The molecule has 1 atom stereocenters. The molecule has 2 rings (SSSR count). The molecule has 1 aromatic rings. The fraction of sp³-hybridized carbons (Fsp3) is 0.750. The maximum atomic E-state index is 12.8. The van der Waals surface area contributed by atoms with Crippen LogP contribution in [0.15, 0.2) is 6.07 Å². The third kappa shape index (κ3) is 9.03. The molecule has 1 fully saturated rings. The van der Waals surface area contributed by atoms with Crippen LogP contribution in [0.5, 0.6) is 11.5 Å². The van der Waals surface area contributed by atoms with E-state index in [-0.39, 0.29) is 18.6 Å². The van der Waals surface area contributed by atoms with Crippen molar-refractivity contribution in [2.45, 2.75) is 91.5 Å². The summed E-state index contributed by atoms with van der Waals surface area (Å²) in [6.07, 6.45) is 8.32. The topological polar surface area (TPSA) is 76.1 Å². The fourth-order valence-corrected chi connectivity index (χ4v) is 3.06. The van der Waals surface area contributed by atoms with Crippen LogP contribution in [0.4, 0.5) is 0 Å². The van der Waals surface area contributed by atoms with E-state index in [4.69, 9.17) is 23.7 Å². The zero-order valence-electron chi connectivity index (χ0n) is 19.5. The Morgan fingerprint density at radius 3 is 2.42 bits per heavy atom. The van der Waals surface area contributed by atoms with E-state index in [1.165, 1.54) is 0 Å². The average molecular weight is 438 g/mol. The largest absolute Gasteiger partial charge is 0.490 e. The molecular formula is C24H39NO6. The molecule has 1 saturated heterocycles. The van der Waals surface area contributed by atoms with E-state index >= 15 is 0 Å². The molecule has 0 aromatic carbocycles. The van der Waals surface area contributed by atoms with Gasteiger partial charge in [0.25, 0.3) is 0 Å². The zero-order chi connectivity index (χ0) is 22.3. The molecule has 0 amide bonds. The first-order valence-electron chi connectivity index (χ1n) is 11.9. The molecule has 0 saturated carbocycles. The highest BCUT2D eigenvalue weighted by Crippen LogP contribution is 2.33. The minimum Gasteiger partial charge on any atom is -0.490 e. The molecule has 1 aliphatic rings. The summed E-state index contributed by atoms with van der Waals surface area (Å²) in [5, 5.41) is 0. The van der Waals surface area contributed by atoms with E-state index < -0.39 is 5.97 Å². The second-order valence-electron chi connectivity index (χ2n) is 7.79. The molecule has 2 heterocycles. The van der Waals surface area contributed by atoms with Crippen LogP contribution in [-0.2, 0) is 20.8 Å². The molecule has 176 valence electrons. The van der Waals surface area contributed by atoms with Crippen LogP contribution in [0.1, 0.15) is 94.7 Å². The number of pyridine rings is 1. The van der Waals surface area contributed by atoms with Gasteiger partial charge in [-0.3, -0.25) is 0 Å². The summed E-state index contributed by atoms with van der Waals surface area (Å²) >= 11 is 0. The SMILES string of the molecule is CCCCOC(=O)c1nc(COC2CCCCO2)cc(OCCCC)c1OCCCC. The van der Waals surface area contributed by atoms with Crippen LogP contribution in [0.2, 0.25) is 0 Å². The summed E-state index contributed by atoms with van der Waals surface area (Å²) in [7, 11) is 0. The normalized spacial score (nSPS) is 16.2. The third-order valence-electron chi connectivity index (χ3n) is 4.97. The summed E-state index contributed by atoms with van der Waals surface area (Å²) < 4.78 is 28.9. The summed E-state index contributed by atoms with van der Waals surface area (Å²) in [6, 6.07) is 1.81. The highest BCUT2D eigenvalue weighted by atomic mass is 16.7. The number of rotatable bonds is 15. The van der Waals surface area contributed by atoms with Crippen LogP contribution in [-0.4, -0.2) is 43.7 Å². The lowest BCUT2D eigenvalue weighted by Gasteiger charge is -2.23. The highest BCUT2D eigenvalue weighted by Gasteiger charge is 2.24. The van der Waals surface area contributed by atoms with Crippen LogP contribution < -0.4 is 9.47 Å². The quantitative estimate of drug-likeness (QED) is 0.267. The van der Waals surface area contributed by atoms with E-state index in [2.05, 4.69) is 25.8 Å². The van der Waals surface area contributed by atoms with Crippen molar-refractivity contribution in [3.8, 4) is 11.5 Å². The minimum absolute atomic E-state index is 0.157. The molecular weight excluding hydrogens is 398 g/mol. The third-order valence-corrected chi connectivity index (χ3v) is 4.97. The summed E-state index contributed by atoms with van der Waals surface area (Å²) in [6.45, 7) is 8.58. The highest BCUT2D eigenvalue weighted by molar-refractivity contribution is 5.91. The van der Waals surface area contributed by atoms with Gasteiger partial charge in [-0.2, -0.15) is 0 Å². The van der Waals surface area contributed by atoms with Gasteiger partial charge < -0.3 is 23.7 Å². The maximum absolute atomic E-state index is 12.8. The number of nitrogens with zero attached hydrogens (tertiary/aromatic N) is 1. The van der Waals surface area contributed by atoms with E-state index in [0.717, 1.165) is 57.8 Å². The maximum Gasteiger partial charge on any atom is 0.360 e. The van der Waals surface area contributed by atoms with E-state index in [1.54, 1.807) is 0 Å². The van der Waals surface area contributed by atoms with E-state index in [0.29, 0.717) is 43.6 Å². The van der Waals surface area contributed by atoms with Crippen molar-refractivity contribution < 1.29 is 28.5 Å². The second kappa shape index (κ2) is 15.0. The Hall–Kier alpha value is -1.86. The van der Waals surface area contributed by atoms with Crippen molar-refractivity contribution in [3.05, 3.63) is 17.5 Å². The van der Waals surface area contributed by atoms with Gasteiger partial charge in [-0.05, 0) is 38.5 Å². The van der Waals surface area contributed by atoms with Crippen molar-refractivity contribution in [1.29, 1.82) is 0 Å². The standard InChI is InChI=1S/C24H39NO6/c1-4-7-13-27-20-17-19(18-31-21-12-10-11-16-28-21)25-22(23(20)29-14-8-5-2)24(26)30-15-9-6-3/h17,21H,4-16,18H2,1-3H3. The number of unbranched alkanes of at least 4 members (excludes halogenated alkanes) is 3. The van der Waals surface area contributed by atoms with Crippen LogP contribution in [0.25, 0.3) is 0 Å². The zero-order valence-corrected chi connectivity index (χ0v) is 19.5. The van der Waals surface area contributed by atoms with Crippen LogP contribution >= 0.6 is 0 Å². The second-order valence-corrected chi connectivity index (χ2v) is 7.79. The average Bonchev–Trinajstić information content (AvgIpc) is 2.79. The fourth-order valence-electron chi connectivity index (χ4n) is 3.06. The van der Waals surface area contributed by atoms with Crippen LogP contribution in [0.3, 0.4) is 0 Å². The minimum atomic E-state index is -0.490. The van der Waals surface area contributed by atoms with Crippen molar-refractivity contribution in [2.75, 3.05) is 26.4 Å². The molecule has 0 bridgehead atoms. The van der Waals surface area contributed by atoms with Gasteiger partial charge in [-0.25, -0.2) is 9.78 Å². The van der Waals surface area contributed by atoms with Gasteiger partial charge in [0.2, 0.25) is 0 Å². The van der Waals surface area contributed by atoms with Crippen molar-refractivity contribution in [3.63, 3.8) is 0 Å². The number of hydrogen-bond acceptors (Lipinski definition) is 7. The Labute approximate surface area is 186 Å². The Bertz CT molecular complexity index is 645. The Balaban J connectivity index is 2.24. The van der Waals surface area contributed by atoms with Crippen molar-refractivity contribution in [1.82, 2.24) is 4.98 Å². The van der Waals surface area contributed by atoms with Crippen molar-refractivity contribution >= 4 is 5.97 Å². The van der Waals surface area contributed by atoms with Gasteiger partial charge in [-0.1, -0.05) is 40.0 Å². The lowest BCUT2D eigenvalue weighted by Crippen LogP contribution is -2.22. The predicted molar refractivity (Wildman–Crippen MR) is 119 cm³/mol. The number of esters is 1. The number of carbonyl (C=O) groups is 1. The molecule has 1 aromatic heterocycles. The van der Waals surface area contributed by atoms with Gasteiger partial charge in [0.15, 0.2) is 23.5 Å². The van der Waals surface area contributed by atoms with Crippen molar-refractivity contribution in [2.24, 2.45) is 0 Å². The van der Waals surface area contributed by atoms with Gasteiger partial charge in [-0.15, -0.1) is 0 Å². The van der Waals surface area contributed by atoms with Gasteiger partial charge in [0.1, 0.15) is 0 Å². The molecule has 1 unspecified atom stereocenters. The molecule has 7 heteroatoms. The lowest BCUT2D eigenvalue weighted by atomic mass is 10.2. The smallest absolute Gasteiger partial charge is 0.360 e. The summed E-state index contributed by atoms with van der Waals surface area (Å²) in [5.41, 5.74) is 0.760. The molecule has 0 radical (unpaired) electrons. The van der Waals surface area contributed by atoms with E-state index in [9.17, 15) is 4.79 Å². The number of hydrogen-bond donors (Lipinski definition) is 0. The van der Waals surface area contributed by atoms with Gasteiger partial charge in [0, 0.05) is 12.7 Å². The molecule has 1 aliphatic heterocycles. The molecule has 31 heavy (non-hydrogen) atoms. The summed E-state index contributed by atoms with van der Waals surface area (Å²) in [4.78, 5) is 17.4. The number of carbonyl (C=O) groups excluding carboxylic acids is 1. The molecule has 0 spiro atoms. The van der Waals surface area contributed by atoms with E-state index in [1.807, 2.05) is 6.07 Å².